The lowest BCUT2D eigenvalue weighted by Crippen LogP contribution is -2.29. The zero-order chi connectivity index (χ0) is 11.4. The molecule has 84 valence electrons. The fraction of sp³-hybridized carbons (Fsp3) is 0.500. The summed E-state index contributed by atoms with van der Waals surface area (Å²) in [6.45, 7) is 1.68. The van der Waals surface area contributed by atoms with Crippen LogP contribution >= 0.6 is 0 Å². The molecule has 0 saturated carbocycles. The van der Waals surface area contributed by atoms with E-state index in [1.807, 2.05) is 11.9 Å². The number of hydrogen-bond acceptors (Lipinski definition) is 4. The van der Waals surface area contributed by atoms with E-state index in [-0.39, 0.29) is 6.10 Å². The lowest BCUT2D eigenvalue weighted by molar-refractivity contribution is 0.116. The molecule has 1 aliphatic rings. The van der Waals surface area contributed by atoms with E-state index in [0.29, 0.717) is 5.56 Å². The Morgan fingerprint density at radius 1 is 1.69 bits per heavy atom. The average Bonchev–Trinajstić information content (AvgIpc) is 2.81. The average molecular weight is 217 g/mol. The second kappa shape index (κ2) is 4.95. The lowest BCUT2D eigenvalue weighted by Gasteiger charge is -2.23. The first-order valence-corrected chi connectivity index (χ1v) is 5.48. The first kappa shape index (κ1) is 10.9. The number of rotatable bonds is 3. The van der Waals surface area contributed by atoms with Crippen LogP contribution in [0, 0.1) is 11.3 Å². The normalized spacial score (nSPS) is 19.4. The van der Waals surface area contributed by atoms with Crippen molar-refractivity contribution in [2.24, 2.45) is 0 Å². The molecular formula is C12H15N3O. The summed E-state index contributed by atoms with van der Waals surface area (Å²) in [7, 11) is 1.97. The number of pyridine rings is 1. The zero-order valence-electron chi connectivity index (χ0n) is 9.39. The summed E-state index contributed by atoms with van der Waals surface area (Å²) in [5.74, 6) is 0. The Kier molecular flexibility index (Phi) is 3.37. The number of nitrogens with zero attached hydrogens (tertiary/aromatic N) is 3. The number of nitriles is 1. The minimum atomic E-state index is 0.289. The number of likely N-dealkylation sites (N-methyl/N-ethyl adjacent to an activating group) is 1. The maximum Gasteiger partial charge on any atom is 0.101 e. The predicted molar refractivity (Wildman–Crippen MR) is 61.2 cm³/mol. The van der Waals surface area contributed by atoms with Crippen LogP contribution in [0.3, 0.4) is 0 Å². The molecule has 0 spiro atoms. The molecule has 1 aromatic rings. The number of aromatic nitrogens is 1. The first-order chi connectivity index (χ1) is 7.81. The quantitative estimate of drug-likeness (QED) is 0.771. The van der Waals surface area contributed by atoms with Crippen LogP contribution in [0.5, 0.6) is 0 Å². The molecule has 1 atom stereocenters. The van der Waals surface area contributed by atoms with Gasteiger partial charge in [-0.25, -0.2) is 0 Å². The number of ether oxygens (including phenoxy) is 1. The molecule has 2 heterocycles. The second-order valence-electron chi connectivity index (χ2n) is 4.02. The van der Waals surface area contributed by atoms with Gasteiger partial charge >= 0.3 is 0 Å². The maximum atomic E-state index is 8.99. The van der Waals surface area contributed by atoms with Gasteiger partial charge in [0.1, 0.15) is 6.07 Å². The maximum absolute atomic E-state index is 8.99. The molecule has 1 saturated heterocycles. The van der Waals surface area contributed by atoms with E-state index in [1.54, 1.807) is 18.5 Å². The van der Waals surface area contributed by atoms with Gasteiger partial charge in [0.15, 0.2) is 0 Å². The SMILES string of the molecule is CN(CC1CCCO1)c1cnccc1C#N. The molecule has 0 aromatic carbocycles. The summed E-state index contributed by atoms with van der Waals surface area (Å²) in [6.07, 6.45) is 5.90. The van der Waals surface area contributed by atoms with Crippen molar-refractivity contribution in [3.63, 3.8) is 0 Å². The third kappa shape index (κ3) is 2.31. The molecule has 1 aliphatic heterocycles. The second-order valence-corrected chi connectivity index (χ2v) is 4.02. The fourth-order valence-electron chi connectivity index (χ4n) is 1.98. The molecule has 0 aliphatic carbocycles. The molecule has 4 heteroatoms. The van der Waals surface area contributed by atoms with Crippen molar-refractivity contribution in [3.05, 3.63) is 24.0 Å². The summed E-state index contributed by atoms with van der Waals surface area (Å²) in [4.78, 5) is 6.10. The Bertz CT molecular complexity index is 393. The van der Waals surface area contributed by atoms with Crippen molar-refractivity contribution in [1.82, 2.24) is 4.98 Å². The Labute approximate surface area is 95.5 Å². The van der Waals surface area contributed by atoms with Crippen LogP contribution in [0.25, 0.3) is 0 Å². The molecule has 1 fully saturated rings. The van der Waals surface area contributed by atoms with Crippen LogP contribution in [0.1, 0.15) is 18.4 Å². The molecule has 0 N–H and O–H groups in total. The Hall–Kier alpha value is -1.60. The summed E-state index contributed by atoms with van der Waals surface area (Å²) in [5.41, 5.74) is 1.54. The molecule has 0 amide bonds. The molecular weight excluding hydrogens is 202 g/mol. The summed E-state index contributed by atoms with van der Waals surface area (Å²) in [5, 5.41) is 8.99. The first-order valence-electron chi connectivity index (χ1n) is 5.48. The van der Waals surface area contributed by atoms with Crippen LogP contribution in [0.2, 0.25) is 0 Å². The molecule has 4 nitrogen and oxygen atoms in total. The monoisotopic (exact) mass is 217 g/mol. The topological polar surface area (TPSA) is 49.1 Å². The zero-order valence-corrected chi connectivity index (χ0v) is 9.39. The highest BCUT2D eigenvalue weighted by Crippen LogP contribution is 2.20. The van der Waals surface area contributed by atoms with Gasteiger partial charge in [0.2, 0.25) is 0 Å². The third-order valence-corrected chi connectivity index (χ3v) is 2.83. The molecule has 1 unspecified atom stereocenters. The van der Waals surface area contributed by atoms with E-state index < -0.39 is 0 Å². The van der Waals surface area contributed by atoms with E-state index in [4.69, 9.17) is 10.00 Å². The van der Waals surface area contributed by atoms with Crippen molar-refractivity contribution >= 4 is 5.69 Å². The van der Waals surface area contributed by atoms with Crippen LogP contribution in [-0.2, 0) is 4.74 Å². The number of hydrogen-bond donors (Lipinski definition) is 0. The van der Waals surface area contributed by atoms with E-state index in [9.17, 15) is 0 Å². The van der Waals surface area contributed by atoms with Gasteiger partial charge in [-0.3, -0.25) is 4.98 Å². The summed E-state index contributed by atoms with van der Waals surface area (Å²) >= 11 is 0. The van der Waals surface area contributed by atoms with Crippen molar-refractivity contribution in [2.45, 2.75) is 18.9 Å². The highest BCUT2D eigenvalue weighted by molar-refractivity contribution is 5.57. The predicted octanol–water partition coefficient (Wildman–Crippen LogP) is 1.57. The van der Waals surface area contributed by atoms with Gasteiger partial charge in [-0.05, 0) is 18.9 Å². The van der Waals surface area contributed by atoms with E-state index in [0.717, 1.165) is 31.7 Å². The van der Waals surface area contributed by atoms with Crippen molar-refractivity contribution in [2.75, 3.05) is 25.1 Å². The van der Waals surface area contributed by atoms with Crippen LogP contribution in [0.15, 0.2) is 18.5 Å². The van der Waals surface area contributed by atoms with Gasteiger partial charge in [-0.1, -0.05) is 0 Å². The van der Waals surface area contributed by atoms with Crippen molar-refractivity contribution in [1.29, 1.82) is 5.26 Å². The Morgan fingerprint density at radius 2 is 2.56 bits per heavy atom. The Morgan fingerprint density at radius 3 is 3.25 bits per heavy atom. The van der Waals surface area contributed by atoms with Gasteiger partial charge in [-0.15, -0.1) is 0 Å². The van der Waals surface area contributed by atoms with Crippen LogP contribution in [0.4, 0.5) is 5.69 Å². The highest BCUT2D eigenvalue weighted by Gasteiger charge is 2.18. The van der Waals surface area contributed by atoms with Crippen LogP contribution < -0.4 is 4.90 Å². The molecule has 0 bridgehead atoms. The van der Waals surface area contributed by atoms with Crippen LogP contribution in [-0.4, -0.2) is 31.3 Å². The Balaban J connectivity index is 2.08. The largest absolute Gasteiger partial charge is 0.376 e. The minimum absolute atomic E-state index is 0.289. The summed E-state index contributed by atoms with van der Waals surface area (Å²) < 4.78 is 5.57. The van der Waals surface area contributed by atoms with Gasteiger partial charge in [0.05, 0.1) is 23.6 Å². The molecule has 2 rings (SSSR count). The molecule has 16 heavy (non-hydrogen) atoms. The lowest BCUT2D eigenvalue weighted by atomic mass is 10.2. The summed E-state index contributed by atoms with van der Waals surface area (Å²) in [6, 6.07) is 3.92. The third-order valence-electron chi connectivity index (χ3n) is 2.83. The van der Waals surface area contributed by atoms with Crippen molar-refractivity contribution < 1.29 is 4.74 Å². The van der Waals surface area contributed by atoms with E-state index >= 15 is 0 Å². The van der Waals surface area contributed by atoms with Crippen molar-refractivity contribution in [3.8, 4) is 6.07 Å². The standard InChI is InChI=1S/C12H15N3O/c1-15(9-11-3-2-6-16-11)12-8-14-5-4-10(12)7-13/h4-5,8,11H,2-3,6,9H2,1H3. The van der Waals surface area contributed by atoms with Gasteiger partial charge in [0, 0.05) is 26.4 Å². The highest BCUT2D eigenvalue weighted by atomic mass is 16.5. The van der Waals surface area contributed by atoms with Gasteiger partial charge in [-0.2, -0.15) is 5.26 Å². The number of anilines is 1. The molecule has 1 aromatic heterocycles. The molecule has 0 radical (unpaired) electrons. The van der Waals surface area contributed by atoms with E-state index in [2.05, 4.69) is 11.1 Å². The van der Waals surface area contributed by atoms with E-state index in [1.165, 1.54) is 0 Å². The fourth-order valence-corrected chi connectivity index (χ4v) is 1.98. The smallest absolute Gasteiger partial charge is 0.101 e. The van der Waals surface area contributed by atoms with Gasteiger partial charge in [0.25, 0.3) is 0 Å². The van der Waals surface area contributed by atoms with Gasteiger partial charge < -0.3 is 9.64 Å². The minimum Gasteiger partial charge on any atom is -0.376 e.